The fourth-order valence-corrected chi connectivity index (χ4v) is 1.86. The zero-order chi connectivity index (χ0) is 16.7. The first-order valence-corrected chi connectivity index (χ1v) is 6.81. The molecular formula is C17H16N2O4. The van der Waals surface area contributed by atoms with Crippen LogP contribution in [-0.4, -0.2) is 26.7 Å². The van der Waals surface area contributed by atoms with E-state index in [0.29, 0.717) is 28.5 Å². The van der Waals surface area contributed by atoms with Crippen molar-refractivity contribution < 1.29 is 19.0 Å². The van der Waals surface area contributed by atoms with Crippen LogP contribution in [0.2, 0.25) is 0 Å². The minimum atomic E-state index is -0.321. The van der Waals surface area contributed by atoms with Crippen LogP contribution in [0.5, 0.6) is 17.2 Å². The van der Waals surface area contributed by atoms with Crippen LogP contribution in [0.15, 0.2) is 42.5 Å². The van der Waals surface area contributed by atoms with Gasteiger partial charge in [0, 0.05) is 6.07 Å². The molecule has 0 unspecified atom stereocenters. The highest BCUT2D eigenvalue weighted by Crippen LogP contribution is 2.28. The summed E-state index contributed by atoms with van der Waals surface area (Å²) in [7, 11) is 3.07. The van der Waals surface area contributed by atoms with Crippen LogP contribution in [0.1, 0.15) is 5.56 Å². The van der Waals surface area contributed by atoms with E-state index < -0.39 is 0 Å². The molecule has 0 saturated carbocycles. The molecule has 0 spiro atoms. The first-order chi connectivity index (χ1) is 11.2. The predicted octanol–water partition coefficient (Wildman–Crippen LogP) is 2.59. The van der Waals surface area contributed by atoms with E-state index in [4.69, 9.17) is 19.5 Å². The molecule has 2 aromatic carbocycles. The molecule has 2 aromatic rings. The van der Waals surface area contributed by atoms with Crippen molar-refractivity contribution in [2.45, 2.75) is 0 Å². The highest BCUT2D eigenvalue weighted by Gasteiger charge is 2.09. The van der Waals surface area contributed by atoms with E-state index in [-0.39, 0.29) is 12.5 Å². The second kappa shape index (κ2) is 7.71. The van der Waals surface area contributed by atoms with Crippen LogP contribution in [0, 0.1) is 11.3 Å². The summed E-state index contributed by atoms with van der Waals surface area (Å²) in [4.78, 5) is 12.0. The maximum atomic E-state index is 12.0. The molecule has 6 heteroatoms. The second-order valence-electron chi connectivity index (χ2n) is 4.54. The molecule has 0 heterocycles. The summed E-state index contributed by atoms with van der Waals surface area (Å²) in [6.45, 7) is -0.152. The number of ether oxygens (including phenoxy) is 3. The number of nitrogens with zero attached hydrogens (tertiary/aromatic N) is 1. The molecule has 0 bridgehead atoms. The number of benzene rings is 2. The number of anilines is 1. The molecule has 23 heavy (non-hydrogen) atoms. The van der Waals surface area contributed by atoms with Crippen molar-refractivity contribution in [2.24, 2.45) is 0 Å². The summed E-state index contributed by atoms with van der Waals surface area (Å²) >= 11 is 0. The maximum absolute atomic E-state index is 12.0. The fraction of sp³-hybridized carbons (Fsp3) is 0.176. The van der Waals surface area contributed by atoms with Gasteiger partial charge < -0.3 is 19.5 Å². The minimum absolute atomic E-state index is 0.152. The van der Waals surface area contributed by atoms with Gasteiger partial charge in [0.15, 0.2) is 6.61 Å². The van der Waals surface area contributed by atoms with Crippen LogP contribution in [0.25, 0.3) is 0 Å². The lowest BCUT2D eigenvalue weighted by atomic mass is 10.2. The number of hydrogen-bond acceptors (Lipinski definition) is 5. The van der Waals surface area contributed by atoms with Gasteiger partial charge in [0.25, 0.3) is 5.91 Å². The summed E-state index contributed by atoms with van der Waals surface area (Å²) in [5, 5.41) is 11.4. The molecular weight excluding hydrogens is 296 g/mol. The topological polar surface area (TPSA) is 80.6 Å². The summed E-state index contributed by atoms with van der Waals surface area (Å²) in [6, 6.07) is 13.6. The lowest BCUT2D eigenvalue weighted by Crippen LogP contribution is -2.20. The van der Waals surface area contributed by atoms with Crippen LogP contribution in [0.4, 0.5) is 5.69 Å². The number of carbonyl (C=O) groups excluding carboxylic acids is 1. The largest absolute Gasteiger partial charge is 0.497 e. The maximum Gasteiger partial charge on any atom is 0.262 e. The Bertz CT molecular complexity index is 720. The summed E-state index contributed by atoms with van der Waals surface area (Å²) in [5.41, 5.74) is 1.06. The summed E-state index contributed by atoms with van der Waals surface area (Å²) < 4.78 is 15.7. The zero-order valence-electron chi connectivity index (χ0n) is 12.8. The molecule has 0 fully saturated rings. The Kier molecular flexibility index (Phi) is 5.42. The zero-order valence-corrected chi connectivity index (χ0v) is 12.8. The Hall–Kier alpha value is -3.20. The van der Waals surface area contributed by atoms with Gasteiger partial charge in [-0.1, -0.05) is 0 Å². The van der Waals surface area contributed by atoms with Crippen molar-refractivity contribution >= 4 is 11.6 Å². The number of nitrogens with one attached hydrogen (secondary N) is 1. The number of nitriles is 1. The summed E-state index contributed by atoms with van der Waals surface area (Å²) in [5.74, 6) is 1.32. The molecule has 0 aliphatic heterocycles. The monoisotopic (exact) mass is 312 g/mol. The SMILES string of the molecule is COc1ccc(NC(=O)COc2ccc(C#N)cc2)c(OC)c1. The van der Waals surface area contributed by atoms with E-state index >= 15 is 0 Å². The second-order valence-corrected chi connectivity index (χ2v) is 4.54. The molecule has 1 N–H and O–H groups in total. The highest BCUT2D eigenvalue weighted by atomic mass is 16.5. The van der Waals surface area contributed by atoms with E-state index in [1.54, 1.807) is 49.6 Å². The van der Waals surface area contributed by atoms with Gasteiger partial charge in [0.05, 0.1) is 31.5 Å². The standard InChI is InChI=1S/C17H16N2O4/c1-21-14-7-8-15(16(9-14)22-2)19-17(20)11-23-13-5-3-12(10-18)4-6-13/h3-9H,11H2,1-2H3,(H,19,20). The lowest BCUT2D eigenvalue weighted by Gasteiger charge is -2.12. The predicted molar refractivity (Wildman–Crippen MR) is 84.8 cm³/mol. The van der Waals surface area contributed by atoms with Crippen LogP contribution >= 0.6 is 0 Å². The van der Waals surface area contributed by atoms with Gasteiger partial charge in [-0.25, -0.2) is 0 Å². The van der Waals surface area contributed by atoms with E-state index in [2.05, 4.69) is 5.32 Å². The molecule has 0 aliphatic carbocycles. The van der Waals surface area contributed by atoms with E-state index in [1.165, 1.54) is 7.11 Å². The molecule has 0 aromatic heterocycles. The van der Waals surface area contributed by atoms with Crippen LogP contribution in [0.3, 0.4) is 0 Å². The molecule has 0 radical (unpaired) electrons. The smallest absolute Gasteiger partial charge is 0.262 e. The Morgan fingerprint density at radius 1 is 1.09 bits per heavy atom. The molecule has 6 nitrogen and oxygen atoms in total. The highest BCUT2D eigenvalue weighted by molar-refractivity contribution is 5.93. The average Bonchev–Trinajstić information content (AvgIpc) is 2.60. The van der Waals surface area contributed by atoms with Crippen molar-refractivity contribution in [3.63, 3.8) is 0 Å². The Morgan fingerprint density at radius 3 is 2.39 bits per heavy atom. The Balaban J connectivity index is 1.95. The first kappa shape index (κ1) is 16.2. The minimum Gasteiger partial charge on any atom is -0.497 e. The number of hydrogen-bond donors (Lipinski definition) is 1. The van der Waals surface area contributed by atoms with E-state index in [1.807, 2.05) is 6.07 Å². The molecule has 0 aliphatic rings. The average molecular weight is 312 g/mol. The third-order valence-electron chi connectivity index (χ3n) is 3.04. The van der Waals surface area contributed by atoms with Gasteiger partial charge in [-0.3, -0.25) is 4.79 Å². The lowest BCUT2D eigenvalue weighted by molar-refractivity contribution is -0.118. The van der Waals surface area contributed by atoms with E-state index in [9.17, 15) is 4.79 Å². The quantitative estimate of drug-likeness (QED) is 0.886. The van der Waals surface area contributed by atoms with Gasteiger partial charge >= 0.3 is 0 Å². The van der Waals surface area contributed by atoms with Crippen molar-refractivity contribution in [1.82, 2.24) is 0 Å². The third kappa shape index (κ3) is 4.38. The first-order valence-electron chi connectivity index (χ1n) is 6.81. The molecule has 1 amide bonds. The number of methoxy groups -OCH3 is 2. The van der Waals surface area contributed by atoms with E-state index in [0.717, 1.165) is 0 Å². The molecule has 2 rings (SSSR count). The normalized spacial score (nSPS) is 9.61. The number of carbonyl (C=O) groups is 1. The van der Waals surface area contributed by atoms with Gasteiger partial charge in [-0.15, -0.1) is 0 Å². The fourth-order valence-electron chi connectivity index (χ4n) is 1.86. The van der Waals surface area contributed by atoms with Crippen molar-refractivity contribution in [3.05, 3.63) is 48.0 Å². The molecule has 0 saturated heterocycles. The van der Waals surface area contributed by atoms with Gasteiger partial charge in [-0.2, -0.15) is 5.26 Å². The van der Waals surface area contributed by atoms with Crippen molar-refractivity contribution in [1.29, 1.82) is 5.26 Å². The van der Waals surface area contributed by atoms with Gasteiger partial charge in [0.2, 0.25) is 0 Å². The number of rotatable bonds is 6. The van der Waals surface area contributed by atoms with Crippen molar-refractivity contribution in [3.8, 4) is 23.3 Å². The number of amides is 1. The summed E-state index contributed by atoms with van der Waals surface area (Å²) in [6.07, 6.45) is 0. The van der Waals surface area contributed by atoms with Crippen molar-refractivity contribution in [2.75, 3.05) is 26.1 Å². The molecule has 0 atom stereocenters. The van der Waals surface area contributed by atoms with Gasteiger partial charge in [0.1, 0.15) is 17.2 Å². The van der Waals surface area contributed by atoms with Crippen LogP contribution < -0.4 is 19.5 Å². The third-order valence-corrected chi connectivity index (χ3v) is 3.04. The molecule has 118 valence electrons. The Labute approximate surface area is 134 Å². The van der Waals surface area contributed by atoms with Gasteiger partial charge in [-0.05, 0) is 36.4 Å². The Morgan fingerprint density at radius 2 is 1.78 bits per heavy atom. The van der Waals surface area contributed by atoms with Crippen LogP contribution in [-0.2, 0) is 4.79 Å².